The summed E-state index contributed by atoms with van der Waals surface area (Å²) in [5.41, 5.74) is 0. The minimum absolute atomic E-state index is 0. The van der Waals surface area contributed by atoms with Crippen LogP contribution in [-0.4, -0.2) is 0 Å². The maximum Gasteiger partial charge on any atom is 0.123 e. The zero-order chi connectivity index (χ0) is 5.98. The highest BCUT2D eigenvalue weighted by Gasteiger charge is 1.84. The maximum absolute atomic E-state index is 12.1. The normalized spacial score (nSPS) is 5.69. The molecule has 7 heteroatoms. The summed E-state index contributed by atoms with van der Waals surface area (Å²) in [6.45, 7) is 0. The molecule has 0 spiro atoms. The summed E-state index contributed by atoms with van der Waals surface area (Å²) < 4.78 is 12.1. The fraction of sp³-hybridized carbons (Fsp3) is 0. The summed E-state index contributed by atoms with van der Waals surface area (Å²) in [6.07, 6.45) is 0. The molecule has 0 unspecified atom stereocenters. The minimum atomic E-state index is -0.220. The lowest BCUT2D eigenvalue weighted by Crippen LogP contribution is -1.68. The lowest BCUT2D eigenvalue weighted by atomic mass is 10.4. The van der Waals surface area contributed by atoms with Gasteiger partial charge in [0.25, 0.3) is 0 Å². The fourth-order valence-corrected chi connectivity index (χ4v) is 0.590. The molecule has 13 heavy (non-hydrogen) atoms. The van der Waals surface area contributed by atoms with Crippen LogP contribution < -0.4 is 0 Å². The molecule has 0 saturated heterocycles. The number of rotatable bonds is 0. The highest BCUT2D eigenvalue weighted by Crippen LogP contribution is 2.04. The van der Waals surface area contributed by atoms with Crippen molar-refractivity contribution >= 4 is 12.6 Å². The van der Waals surface area contributed by atoms with Crippen molar-refractivity contribution in [1.82, 2.24) is 0 Å². The average Bonchev–Trinajstić information content (AvgIpc) is 1.77. The van der Waals surface area contributed by atoms with Gasteiger partial charge in [-0.25, -0.2) is 4.39 Å². The molecular weight excluding hydrogens is 218 g/mol. The Balaban J connectivity index is -0.0000000427. The molecule has 0 aliphatic heterocycles. The van der Waals surface area contributed by atoms with Gasteiger partial charge in [0.05, 0.1) is 0 Å². The second-order valence-electron chi connectivity index (χ2n) is 1.48. The van der Waals surface area contributed by atoms with E-state index in [0.717, 1.165) is 4.90 Å². The number of hydrogen-bond donors (Lipinski definition) is 1. The lowest BCUT2D eigenvalue weighted by Gasteiger charge is -1.86. The van der Waals surface area contributed by atoms with Gasteiger partial charge in [0, 0.05) is 4.90 Å². The molecule has 0 aliphatic rings. The van der Waals surface area contributed by atoms with E-state index in [-0.39, 0.29) is 29.3 Å². The molecule has 0 aromatic heterocycles. The molecule has 82 valence electrons. The van der Waals surface area contributed by atoms with Gasteiger partial charge < -0.3 is 0 Å². The summed E-state index contributed by atoms with van der Waals surface area (Å²) in [4.78, 5) is 0.784. The summed E-state index contributed by atoms with van der Waals surface area (Å²) >= 11 is 3.97. The quantitative estimate of drug-likeness (QED) is 0.512. The van der Waals surface area contributed by atoms with Crippen molar-refractivity contribution in [1.29, 1.82) is 0 Å². The number of benzene rings is 1. The molecule has 0 fully saturated rings. The van der Waals surface area contributed by atoms with Gasteiger partial charge in [0.15, 0.2) is 0 Å². The van der Waals surface area contributed by atoms with Crippen molar-refractivity contribution in [2.45, 2.75) is 4.90 Å². The predicted octanol–water partition coefficient (Wildman–Crippen LogP) is 2.88. The van der Waals surface area contributed by atoms with E-state index in [1.807, 2.05) is 0 Å². The Kier molecular flexibility index (Phi) is 31.2. The van der Waals surface area contributed by atoms with Gasteiger partial charge in [-0.3, -0.25) is 23.5 Å². The van der Waals surface area contributed by atoms with Crippen LogP contribution in [0, 0.1) is 5.82 Å². The molecule has 0 heterocycles. The Bertz CT molecular complexity index is 156. The molecule has 0 N–H and O–H groups in total. The van der Waals surface area contributed by atoms with E-state index in [2.05, 4.69) is 12.6 Å². The van der Waals surface area contributed by atoms with E-state index in [1.54, 1.807) is 12.1 Å². The van der Waals surface area contributed by atoms with Crippen LogP contribution in [0.1, 0.15) is 0 Å². The van der Waals surface area contributed by atoms with Crippen LogP contribution in [0.25, 0.3) is 0 Å². The zero-order valence-electron chi connectivity index (χ0n) is 6.18. The molecule has 1 rings (SSSR count). The smallest absolute Gasteiger partial charge is 0.123 e. The van der Waals surface area contributed by atoms with Gasteiger partial charge in [0.2, 0.25) is 0 Å². The van der Waals surface area contributed by atoms with E-state index in [9.17, 15) is 4.39 Å². The van der Waals surface area contributed by atoms with E-state index in [0.29, 0.717) is 0 Å². The third kappa shape index (κ3) is 11.1. The summed E-state index contributed by atoms with van der Waals surface area (Å²) in [5.74, 6) is -0.220. The first-order chi connectivity index (χ1) is 3.79. The highest BCUT2D eigenvalue weighted by molar-refractivity contribution is 7.80. The molecule has 0 radical (unpaired) electrons. The van der Waals surface area contributed by atoms with Gasteiger partial charge in [-0.2, -0.15) is 0 Å². The van der Waals surface area contributed by atoms with E-state index in [4.69, 9.17) is 0 Å². The molecule has 0 atom stereocenters. The standard InChI is InChI=1S/C6H5FS.5FH/c7-5-1-3-6(8)4-2-5;;;;;/h1-4,8H;5*1H. The first kappa shape index (κ1) is 29.5. The Labute approximate surface area is 76.4 Å². The van der Waals surface area contributed by atoms with Crippen LogP contribution in [0.3, 0.4) is 0 Å². The summed E-state index contributed by atoms with van der Waals surface area (Å²) in [6, 6.07) is 5.97. The molecule has 0 bridgehead atoms. The highest BCUT2D eigenvalue weighted by atomic mass is 32.1. The van der Waals surface area contributed by atoms with Crippen LogP contribution in [0.2, 0.25) is 0 Å². The van der Waals surface area contributed by atoms with Gasteiger partial charge >= 0.3 is 0 Å². The zero-order valence-corrected chi connectivity index (χ0v) is 7.07. The predicted molar refractivity (Wildman–Crippen MR) is 46.2 cm³/mol. The van der Waals surface area contributed by atoms with Crippen molar-refractivity contribution < 1.29 is 27.9 Å². The Morgan fingerprint density at radius 1 is 0.769 bits per heavy atom. The minimum Gasteiger partial charge on any atom is -0.269 e. The summed E-state index contributed by atoms with van der Waals surface area (Å²) in [7, 11) is 0. The second kappa shape index (κ2) is 13.7. The molecule has 0 nitrogen and oxygen atoms in total. The van der Waals surface area contributed by atoms with Gasteiger partial charge in [-0.15, -0.1) is 12.6 Å². The molecule has 0 saturated carbocycles. The SMILES string of the molecule is F.F.F.F.F.Fc1ccc(S)cc1. The largest absolute Gasteiger partial charge is 0.269 e. The first-order valence-electron chi connectivity index (χ1n) is 2.23. The molecule has 0 aliphatic carbocycles. The van der Waals surface area contributed by atoms with E-state index < -0.39 is 0 Å². The number of hydrogen-bond acceptors (Lipinski definition) is 1. The second-order valence-corrected chi connectivity index (χ2v) is 1.99. The van der Waals surface area contributed by atoms with Crippen LogP contribution in [0.5, 0.6) is 0 Å². The monoisotopic (exact) mass is 228 g/mol. The Morgan fingerprint density at radius 2 is 1.08 bits per heavy atom. The average molecular weight is 228 g/mol. The lowest BCUT2D eigenvalue weighted by molar-refractivity contribution is 0.626. The van der Waals surface area contributed by atoms with Crippen molar-refractivity contribution in [2.75, 3.05) is 0 Å². The van der Waals surface area contributed by atoms with Gasteiger partial charge in [0.1, 0.15) is 5.82 Å². The molecule has 1 aromatic rings. The maximum atomic E-state index is 12.1. The van der Waals surface area contributed by atoms with Crippen molar-refractivity contribution in [3.63, 3.8) is 0 Å². The third-order valence-electron chi connectivity index (χ3n) is 0.827. The van der Waals surface area contributed by atoms with E-state index >= 15 is 0 Å². The Morgan fingerprint density at radius 3 is 1.31 bits per heavy atom. The Hall–Kier alpha value is -0.850. The topological polar surface area (TPSA) is 0 Å². The van der Waals surface area contributed by atoms with Gasteiger partial charge in [-0.05, 0) is 24.3 Å². The number of thiol groups is 1. The van der Waals surface area contributed by atoms with Gasteiger partial charge in [-0.1, -0.05) is 0 Å². The van der Waals surface area contributed by atoms with Crippen LogP contribution >= 0.6 is 12.6 Å². The fourth-order valence-electron chi connectivity index (χ4n) is 0.441. The third-order valence-corrected chi connectivity index (χ3v) is 1.12. The number of halogens is 6. The van der Waals surface area contributed by atoms with Crippen molar-refractivity contribution in [2.24, 2.45) is 0 Å². The van der Waals surface area contributed by atoms with Crippen LogP contribution in [0.15, 0.2) is 29.2 Å². The first-order valence-corrected chi connectivity index (χ1v) is 2.68. The van der Waals surface area contributed by atoms with Crippen LogP contribution in [-0.2, 0) is 0 Å². The van der Waals surface area contributed by atoms with Crippen LogP contribution in [0.4, 0.5) is 27.9 Å². The molecule has 1 aromatic carbocycles. The molecular formula is C6H10F6S. The van der Waals surface area contributed by atoms with E-state index in [1.165, 1.54) is 12.1 Å². The van der Waals surface area contributed by atoms with Crippen molar-refractivity contribution in [3.05, 3.63) is 30.1 Å². The van der Waals surface area contributed by atoms with Crippen molar-refractivity contribution in [3.8, 4) is 0 Å². The molecule has 0 amide bonds. The summed E-state index contributed by atoms with van der Waals surface area (Å²) in [5, 5.41) is 0.